The average molecular weight is 2440 g/mol. The first-order valence-corrected chi connectivity index (χ1v) is 48.7. The van der Waals surface area contributed by atoms with Crippen LogP contribution >= 0.6 is 0 Å². The molecular formula is C96H108Hf3O24S8. The second kappa shape index (κ2) is 49.5. The predicted octanol–water partition coefficient (Wildman–Crippen LogP) is 11.9. The topological polar surface area (TPSA) is 458 Å². The zero-order valence-corrected chi connectivity index (χ0v) is 92.5. The van der Waals surface area contributed by atoms with Gasteiger partial charge in [0.05, 0.1) is 87.4 Å². The third-order valence-corrected chi connectivity index (χ3v) is 30.9. The summed E-state index contributed by atoms with van der Waals surface area (Å²) in [4.78, 5) is 89.0. The third-order valence-electron chi connectivity index (χ3n) is 26.5. The molecular weight excluding hydrogens is 2330 g/mol. The van der Waals surface area contributed by atoms with Gasteiger partial charge in [-0.1, -0.05) is 252 Å². The van der Waals surface area contributed by atoms with Crippen LogP contribution in [-0.2, 0) is 207 Å². The molecule has 0 radical (unpaired) electrons. The molecule has 0 aliphatic heterocycles. The molecule has 24 nitrogen and oxygen atoms in total. The van der Waals surface area contributed by atoms with E-state index in [2.05, 4.69) is 99.1 Å². The van der Waals surface area contributed by atoms with Crippen molar-refractivity contribution < 1.29 is 188 Å². The van der Waals surface area contributed by atoms with Crippen LogP contribution in [0.2, 0.25) is 0 Å². The van der Waals surface area contributed by atoms with Crippen molar-refractivity contribution in [3.8, 4) is 0 Å². The summed E-state index contributed by atoms with van der Waals surface area (Å²) in [6.45, 7) is 33.2. The minimum atomic E-state index is -4.33. The number of aliphatic carboxylic acids is 4. The molecule has 0 amide bonds. The van der Waals surface area contributed by atoms with E-state index in [9.17, 15) is 111 Å². The van der Waals surface area contributed by atoms with E-state index in [1.807, 2.05) is 152 Å². The smallest absolute Gasteiger partial charge is 0.780 e. The fraction of sp³-hybridized carbons (Fsp3) is 0.417. The van der Waals surface area contributed by atoms with Crippen LogP contribution in [0.3, 0.4) is 0 Å². The van der Waals surface area contributed by atoms with E-state index >= 15 is 0 Å². The second-order valence-electron chi connectivity index (χ2n) is 35.8. The number of Topliss-reactive ketones (excluding diaryl/α,β-unsaturated/α-hetero) is 4. The number of carboxylic acid groups (broad SMARTS) is 4. The molecule has 8 aliphatic rings. The van der Waals surface area contributed by atoms with E-state index in [0.717, 1.165) is 45.3 Å². The van der Waals surface area contributed by atoms with Crippen LogP contribution in [-0.4, -0.2) is 122 Å². The van der Waals surface area contributed by atoms with E-state index in [1.54, 1.807) is 0 Å². The summed E-state index contributed by atoms with van der Waals surface area (Å²) < 4.78 is 131. The first-order chi connectivity index (χ1) is 58.8. The van der Waals surface area contributed by atoms with E-state index < -0.39 is 109 Å². The van der Waals surface area contributed by atoms with Gasteiger partial charge in [-0.2, -0.15) is 19.6 Å². The zero-order valence-electron chi connectivity index (χ0n) is 75.2. The first-order valence-electron chi connectivity index (χ1n) is 40.8. The van der Waals surface area contributed by atoms with Crippen LogP contribution in [0.15, 0.2) is 238 Å². The fourth-order valence-corrected chi connectivity index (χ4v) is 24.2. The molecule has 0 heterocycles. The minimum Gasteiger partial charge on any atom is -0.780 e. The molecule has 8 aromatic carbocycles. The standard InChI is InChI=1S/4C10H16O4S.4C10H8S.4C4H6O2.3Hf/c4*1-9(2)7-3-4-10(9,8(11)5-7)6-15(12,13)14;4*11-10-6-5-8-3-1-2-4-9(8)7-10;4*1-3(2)4(5)6;;;/h4*7H,3-6H2,1-2H3,(H,12,13,14);4*1-7,11H;4*1H2,2H3,(H,5,6);;;/q;;;;;;;;;;;;3*+4/p-12/t4*7-,10-;;;;;;;;;;;/m1111.........../s1. The van der Waals surface area contributed by atoms with Gasteiger partial charge in [0.2, 0.25) is 0 Å². The van der Waals surface area contributed by atoms with Gasteiger partial charge in [0, 0.05) is 47.3 Å². The largest absolute Gasteiger partial charge is 4.00 e. The van der Waals surface area contributed by atoms with Gasteiger partial charge in [0.25, 0.3) is 0 Å². The Morgan fingerprint density at radius 2 is 0.435 bits per heavy atom. The molecule has 0 aromatic heterocycles. The minimum absolute atomic E-state index is 0. The Balaban J connectivity index is 0.000000489. The van der Waals surface area contributed by atoms with Gasteiger partial charge < -0.3 is 108 Å². The van der Waals surface area contributed by atoms with Crippen molar-refractivity contribution in [2.24, 2.45) is 67.0 Å². The van der Waals surface area contributed by atoms with Gasteiger partial charge in [0.15, 0.2) is 0 Å². The number of ketones is 4. The molecule has 0 saturated heterocycles. The molecule has 696 valence electrons. The van der Waals surface area contributed by atoms with E-state index in [0.29, 0.717) is 51.4 Å². The fourth-order valence-electron chi connectivity index (χ4n) is 18.3. The van der Waals surface area contributed by atoms with Crippen molar-refractivity contribution >= 4 is 181 Å². The molecule has 8 aromatic rings. The Bertz CT molecular complexity index is 5240. The van der Waals surface area contributed by atoms with E-state index in [1.165, 1.54) is 70.8 Å². The number of carbonyl (C=O) groups excluding carboxylic acids is 8. The summed E-state index contributed by atoms with van der Waals surface area (Å²) in [7, 11) is -17.3. The Labute approximate surface area is 848 Å². The Morgan fingerprint density at radius 1 is 0.298 bits per heavy atom. The summed E-state index contributed by atoms with van der Waals surface area (Å²) in [5.41, 5.74) is -4.63. The maximum atomic E-state index is 11.8. The Hall–Kier alpha value is -6.55. The molecule has 16 rings (SSSR count). The Kier molecular flexibility index (Phi) is 45.5. The number of rotatable bonds is 12. The summed E-state index contributed by atoms with van der Waals surface area (Å²) in [5, 5.41) is 47.8. The van der Waals surface area contributed by atoms with Crippen LogP contribution in [0, 0.1) is 67.0 Å². The molecule has 0 N–H and O–H groups in total. The number of hydrogen-bond acceptors (Lipinski definition) is 28. The average Bonchev–Trinajstić information content (AvgIpc) is 1.57. The molecule has 8 fully saturated rings. The summed E-state index contributed by atoms with van der Waals surface area (Å²) in [6.07, 6.45) is 7.51. The summed E-state index contributed by atoms with van der Waals surface area (Å²) in [6, 6.07) is 57.0. The molecule has 131 heavy (non-hydrogen) atoms. The van der Waals surface area contributed by atoms with Gasteiger partial charge in [-0.3, -0.25) is 19.2 Å². The first kappa shape index (κ1) is 121. The van der Waals surface area contributed by atoms with Gasteiger partial charge in [-0.15, -0.1) is 0 Å². The van der Waals surface area contributed by atoms with E-state index in [4.69, 9.17) is 50.5 Å². The molecule has 0 spiro atoms. The third kappa shape index (κ3) is 32.3. The Morgan fingerprint density at radius 3 is 0.542 bits per heavy atom. The van der Waals surface area contributed by atoms with Crippen molar-refractivity contribution in [1.82, 2.24) is 0 Å². The number of benzene rings is 8. The maximum Gasteiger partial charge on any atom is 4.00 e. The zero-order chi connectivity index (χ0) is 97.3. The summed E-state index contributed by atoms with van der Waals surface area (Å²) in [5.74, 6) is -5.86. The van der Waals surface area contributed by atoms with E-state index in [-0.39, 0.29) is 168 Å². The van der Waals surface area contributed by atoms with Gasteiger partial charge >= 0.3 is 77.5 Å². The van der Waals surface area contributed by atoms with Crippen molar-refractivity contribution in [3.63, 3.8) is 0 Å². The van der Waals surface area contributed by atoms with Gasteiger partial charge in [0.1, 0.15) is 23.1 Å². The number of fused-ring (bicyclic) bond motifs is 12. The number of hydrogen-bond donors (Lipinski definition) is 0. The van der Waals surface area contributed by atoms with Crippen LogP contribution in [0.25, 0.3) is 43.1 Å². The van der Waals surface area contributed by atoms with Crippen molar-refractivity contribution in [2.75, 3.05) is 23.0 Å². The van der Waals surface area contributed by atoms with Crippen LogP contribution < -0.4 is 20.4 Å². The maximum absolute atomic E-state index is 11.8. The molecule has 8 aliphatic carbocycles. The molecule has 8 bridgehead atoms. The normalized spacial score (nSPS) is 22.5. The van der Waals surface area contributed by atoms with Crippen LogP contribution in [0.5, 0.6) is 0 Å². The second-order valence-corrected chi connectivity index (χ2v) is 43.3. The van der Waals surface area contributed by atoms with Crippen molar-refractivity contribution in [1.29, 1.82) is 0 Å². The molecule has 8 atom stereocenters. The molecule has 0 unspecified atom stereocenters. The number of carbonyl (C=O) groups is 8. The predicted molar refractivity (Wildman–Crippen MR) is 490 cm³/mol. The number of carboxylic acids is 4. The summed E-state index contributed by atoms with van der Waals surface area (Å²) >= 11 is 20.2. The van der Waals surface area contributed by atoms with Crippen molar-refractivity contribution in [3.05, 3.63) is 218 Å². The SMILES string of the molecule is C=C(C)C(=O)[O-].C=C(C)C(=O)[O-].C=C(C)C(=O)[O-].C=C(C)C(=O)[O-].CC1(C)[C@@H]2CC[C@@]1(CS(=O)(=O)[O-])C(=O)C2.CC1(C)[C@@H]2CC[C@@]1(CS(=O)(=O)[O-])C(=O)C2.CC1(C)[C@@H]2CC[C@@]1(CS(=O)(=O)[O-])C(=O)C2.CC1(C)[C@@H]2CC[C@@]1(CS(=O)(=O)[O-])C(=O)C2.[Hf+4].[Hf+4].[Hf+4].[S-]c1ccc2ccccc2c1.[S-]c1ccc2ccccc2c1.[S-]c1ccc2ccccc2c1.[S-]c1ccc2ccccc2c1. The van der Waals surface area contributed by atoms with Crippen LogP contribution in [0.4, 0.5) is 0 Å². The molecule has 8 saturated carbocycles. The quantitative estimate of drug-likeness (QED) is 0.0474. The van der Waals surface area contributed by atoms with Crippen LogP contribution in [0.1, 0.15) is 160 Å². The monoisotopic (exact) mass is 2440 g/mol. The van der Waals surface area contributed by atoms with Gasteiger partial charge in [-0.25, -0.2) is 33.7 Å². The van der Waals surface area contributed by atoms with Crippen molar-refractivity contribution in [2.45, 2.75) is 180 Å². The van der Waals surface area contributed by atoms with Gasteiger partial charge in [-0.05, 0) is 190 Å². The molecule has 35 heteroatoms.